The number of hydrogen-bond donors (Lipinski definition) is 0. The Hall–Kier alpha value is -2.48. The summed E-state index contributed by atoms with van der Waals surface area (Å²) in [6, 6.07) is 12.5. The lowest BCUT2D eigenvalue weighted by molar-refractivity contribution is 0.0900. The van der Waals surface area contributed by atoms with Crippen molar-refractivity contribution in [1.29, 1.82) is 0 Å². The maximum absolute atomic E-state index is 12.7. The molecule has 150 valence electrons. The van der Waals surface area contributed by atoms with E-state index >= 15 is 0 Å². The van der Waals surface area contributed by atoms with Gasteiger partial charge in [0.25, 0.3) is 0 Å². The Labute approximate surface area is 162 Å². The second-order valence-electron chi connectivity index (χ2n) is 6.65. The van der Waals surface area contributed by atoms with Crippen LogP contribution in [0.15, 0.2) is 53.4 Å². The molecule has 1 heterocycles. The van der Waals surface area contributed by atoms with E-state index in [0.717, 1.165) is 5.69 Å². The molecule has 28 heavy (non-hydrogen) atoms. The number of carbonyl (C=O) groups excluding carboxylic acids is 1. The van der Waals surface area contributed by atoms with Crippen LogP contribution in [-0.2, 0) is 9.84 Å². The lowest BCUT2D eigenvalue weighted by Gasteiger charge is -2.33. The standard InChI is InChI=1S/C20H21F2NO4S/c1-27-17-6-2-14(3-7-17)19(24)15-10-12-23(13-11-15)16-4-8-18(9-5-16)28(25,26)20(21)22/h2-9,15,20H,10-13H2,1H3. The fourth-order valence-electron chi connectivity index (χ4n) is 3.34. The van der Waals surface area contributed by atoms with Gasteiger partial charge >= 0.3 is 5.76 Å². The number of methoxy groups -OCH3 is 1. The van der Waals surface area contributed by atoms with E-state index < -0.39 is 20.5 Å². The average molecular weight is 409 g/mol. The Morgan fingerprint density at radius 1 is 1.04 bits per heavy atom. The molecule has 0 N–H and O–H groups in total. The number of hydrogen-bond acceptors (Lipinski definition) is 5. The van der Waals surface area contributed by atoms with Crippen LogP contribution in [0, 0.1) is 5.92 Å². The van der Waals surface area contributed by atoms with Crippen molar-refractivity contribution >= 4 is 21.3 Å². The van der Waals surface area contributed by atoms with Crippen LogP contribution >= 0.6 is 0 Å². The number of Topliss-reactive ketones (excluding diaryl/α,β-unsaturated/α-hetero) is 1. The fraction of sp³-hybridized carbons (Fsp3) is 0.350. The van der Waals surface area contributed by atoms with Gasteiger partial charge in [-0.2, -0.15) is 8.78 Å². The number of alkyl halides is 2. The Morgan fingerprint density at radius 2 is 1.61 bits per heavy atom. The van der Waals surface area contributed by atoms with E-state index in [2.05, 4.69) is 0 Å². The second kappa shape index (κ2) is 8.26. The first-order chi connectivity index (χ1) is 13.3. The van der Waals surface area contributed by atoms with Crippen LogP contribution in [0.1, 0.15) is 23.2 Å². The van der Waals surface area contributed by atoms with Gasteiger partial charge in [0.05, 0.1) is 12.0 Å². The Morgan fingerprint density at radius 3 is 2.11 bits per heavy atom. The quantitative estimate of drug-likeness (QED) is 0.680. The Balaban J connectivity index is 1.62. The summed E-state index contributed by atoms with van der Waals surface area (Å²) in [4.78, 5) is 14.3. The largest absolute Gasteiger partial charge is 0.497 e. The molecular weight excluding hydrogens is 388 g/mol. The number of anilines is 1. The van der Waals surface area contributed by atoms with Crippen molar-refractivity contribution in [3.63, 3.8) is 0 Å². The van der Waals surface area contributed by atoms with Crippen LogP contribution in [0.4, 0.5) is 14.5 Å². The third kappa shape index (κ3) is 4.16. The predicted octanol–water partition coefficient (Wildman–Crippen LogP) is 3.79. The SMILES string of the molecule is COc1ccc(C(=O)C2CCN(c3ccc(S(=O)(=O)C(F)F)cc3)CC2)cc1. The van der Waals surface area contributed by atoms with Gasteiger partial charge in [-0.15, -0.1) is 0 Å². The zero-order chi connectivity index (χ0) is 20.3. The minimum absolute atomic E-state index is 0.0804. The summed E-state index contributed by atoms with van der Waals surface area (Å²) in [6.07, 6.45) is 1.34. The van der Waals surface area contributed by atoms with Crippen molar-refractivity contribution in [1.82, 2.24) is 0 Å². The average Bonchev–Trinajstić information content (AvgIpc) is 2.73. The number of rotatable bonds is 6. The third-order valence-electron chi connectivity index (χ3n) is 5.01. The van der Waals surface area contributed by atoms with Crippen LogP contribution < -0.4 is 9.64 Å². The Kier molecular flexibility index (Phi) is 5.98. The van der Waals surface area contributed by atoms with Crippen LogP contribution in [-0.4, -0.2) is 40.2 Å². The van der Waals surface area contributed by atoms with Gasteiger partial charge < -0.3 is 9.64 Å². The molecule has 5 nitrogen and oxygen atoms in total. The van der Waals surface area contributed by atoms with Gasteiger partial charge in [0.2, 0.25) is 9.84 Å². The third-order valence-corrected chi connectivity index (χ3v) is 6.40. The van der Waals surface area contributed by atoms with Gasteiger partial charge in [0.1, 0.15) is 5.75 Å². The molecule has 0 spiro atoms. The van der Waals surface area contributed by atoms with E-state index in [1.165, 1.54) is 24.3 Å². The van der Waals surface area contributed by atoms with Crippen molar-refractivity contribution in [3.8, 4) is 5.75 Å². The van der Waals surface area contributed by atoms with Gasteiger partial charge in [-0.05, 0) is 61.4 Å². The predicted molar refractivity (Wildman–Crippen MR) is 102 cm³/mol. The number of benzene rings is 2. The lowest BCUT2D eigenvalue weighted by atomic mass is 9.88. The molecule has 1 fully saturated rings. The van der Waals surface area contributed by atoms with Crippen molar-refractivity contribution in [2.45, 2.75) is 23.5 Å². The zero-order valence-electron chi connectivity index (χ0n) is 15.3. The minimum Gasteiger partial charge on any atom is -0.497 e. The van der Waals surface area contributed by atoms with Gasteiger partial charge in [-0.3, -0.25) is 4.79 Å². The van der Waals surface area contributed by atoms with E-state index in [0.29, 0.717) is 37.2 Å². The van der Waals surface area contributed by atoms with E-state index in [1.807, 2.05) is 4.90 Å². The molecule has 2 aromatic rings. The molecule has 0 bridgehead atoms. The van der Waals surface area contributed by atoms with Gasteiger partial charge in [0, 0.05) is 30.3 Å². The molecule has 0 unspecified atom stereocenters. The number of halogens is 2. The summed E-state index contributed by atoms with van der Waals surface area (Å²) in [5, 5.41) is 0. The molecule has 0 atom stereocenters. The normalized spacial score (nSPS) is 15.6. The van der Waals surface area contributed by atoms with Gasteiger partial charge in [-0.1, -0.05) is 0 Å². The van der Waals surface area contributed by atoms with Gasteiger partial charge in [0.15, 0.2) is 5.78 Å². The summed E-state index contributed by atoms with van der Waals surface area (Å²) < 4.78 is 53.3. The molecule has 0 radical (unpaired) electrons. The molecule has 1 aliphatic heterocycles. The Bertz CT molecular complexity index is 920. The number of ketones is 1. The van der Waals surface area contributed by atoms with Crippen molar-refractivity contribution in [2.75, 3.05) is 25.1 Å². The molecule has 0 amide bonds. The van der Waals surface area contributed by atoms with Gasteiger partial charge in [-0.25, -0.2) is 8.42 Å². The maximum Gasteiger partial charge on any atom is 0.341 e. The molecule has 1 aliphatic rings. The minimum atomic E-state index is -4.59. The highest BCUT2D eigenvalue weighted by Gasteiger charge is 2.28. The van der Waals surface area contributed by atoms with Crippen molar-refractivity contribution in [2.24, 2.45) is 5.92 Å². The van der Waals surface area contributed by atoms with Crippen LogP contribution in [0.2, 0.25) is 0 Å². The number of sulfone groups is 1. The highest BCUT2D eigenvalue weighted by atomic mass is 32.2. The molecule has 2 aromatic carbocycles. The van der Waals surface area contributed by atoms with Crippen LogP contribution in [0.25, 0.3) is 0 Å². The number of nitrogens with zero attached hydrogens (tertiary/aromatic N) is 1. The smallest absolute Gasteiger partial charge is 0.341 e. The molecule has 0 aliphatic carbocycles. The van der Waals surface area contributed by atoms with E-state index in [-0.39, 0.29) is 11.7 Å². The molecule has 0 aromatic heterocycles. The highest BCUT2D eigenvalue weighted by molar-refractivity contribution is 7.91. The first-order valence-electron chi connectivity index (χ1n) is 8.88. The number of piperidine rings is 1. The maximum atomic E-state index is 12.7. The highest BCUT2D eigenvalue weighted by Crippen LogP contribution is 2.28. The molecular formula is C20H21F2NO4S. The molecule has 3 rings (SSSR count). The molecule has 8 heteroatoms. The van der Waals surface area contributed by atoms with Crippen molar-refractivity contribution < 1.29 is 26.7 Å². The first kappa shape index (κ1) is 20.3. The topological polar surface area (TPSA) is 63.7 Å². The van der Waals surface area contributed by atoms with E-state index in [1.54, 1.807) is 31.4 Å². The summed E-state index contributed by atoms with van der Waals surface area (Å²) in [6.45, 7) is 1.26. The lowest BCUT2D eigenvalue weighted by Crippen LogP contribution is -2.36. The first-order valence-corrected chi connectivity index (χ1v) is 10.4. The van der Waals surface area contributed by atoms with E-state index in [4.69, 9.17) is 4.74 Å². The van der Waals surface area contributed by atoms with Crippen molar-refractivity contribution in [3.05, 3.63) is 54.1 Å². The second-order valence-corrected chi connectivity index (χ2v) is 8.57. The molecule has 0 saturated carbocycles. The summed E-state index contributed by atoms with van der Waals surface area (Å²) in [7, 11) is -3.01. The summed E-state index contributed by atoms with van der Waals surface area (Å²) in [5.41, 5.74) is 1.41. The van der Waals surface area contributed by atoms with E-state index in [9.17, 15) is 22.0 Å². The van der Waals surface area contributed by atoms with Crippen LogP contribution in [0.5, 0.6) is 5.75 Å². The fourth-order valence-corrected chi connectivity index (χ4v) is 4.06. The monoisotopic (exact) mass is 409 g/mol. The summed E-state index contributed by atoms with van der Waals surface area (Å²) in [5.74, 6) is -2.72. The summed E-state index contributed by atoms with van der Waals surface area (Å²) >= 11 is 0. The van der Waals surface area contributed by atoms with Crippen LogP contribution in [0.3, 0.4) is 0 Å². The number of carbonyl (C=O) groups is 1. The number of ether oxygens (including phenoxy) is 1. The molecule has 1 saturated heterocycles. The zero-order valence-corrected chi connectivity index (χ0v) is 16.2.